The summed E-state index contributed by atoms with van der Waals surface area (Å²) >= 11 is 11.2. The van der Waals surface area contributed by atoms with Crippen LogP contribution in [-0.4, -0.2) is 27.0 Å². The van der Waals surface area contributed by atoms with Gasteiger partial charge in [0.15, 0.2) is 16.6 Å². The Kier molecular flexibility index (Phi) is 6.39. The Bertz CT molecular complexity index is 1500. The average Bonchev–Trinajstić information content (AvgIpc) is 3.25. The maximum atomic E-state index is 13.2. The highest BCUT2D eigenvalue weighted by Crippen LogP contribution is 2.32. The molecule has 0 saturated carbocycles. The van der Waals surface area contributed by atoms with Gasteiger partial charge in [0.25, 0.3) is 0 Å². The van der Waals surface area contributed by atoms with Gasteiger partial charge in [0, 0.05) is 22.0 Å². The van der Waals surface area contributed by atoms with Crippen LogP contribution in [0.25, 0.3) is 27.9 Å². The standard InChI is InChI=1S/C24H17BrClN3O3S/c25-16-10-8-15(9-11-16)21-22(20(30)17-5-1-2-7-19(17)32-21)31-13-4-14-33-24-28-27-23-18(26)6-3-12-29(23)24/h1-3,5-12H,4,13-14H2. The summed E-state index contributed by atoms with van der Waals surface area (Å²) in [6.45, 7) is 0.358. The zero-order chi connectivity index (χ0) is 22.8. The fourth-order valence-corrected chi connectivity index (χ4v) is 4.70. The Morgan fingerprint density at radius 3 is 2.73 bits per heavy atom. The molecule has 0 aliphatic carbocycles. The number of aromatic nitrogens is 3. The van der Waals surface area contributed by atoms with Crippen molar-refractivity contribution in [2.75, 3.05) is 12.4 Å². The second-order valence-electron chi connectivity index (χ2n) is 7.18. The van der Waals surface area contributed by atoms with Crippen molar-refractivity contribution in [3.63, 3.8) is 0 Å². The molecule has 2 aromatic carbocycles. The SMILES string of the molecule is O=c1c(OCCCSc2nnc3c(Cl)cccn23)c(-c2ccc(Br)cc2)oc2ccccc12. The smallest absolute Gasteiger partial charge is 0.235 e. The van der Waals surface area contributed by atoms with Crippen molar-refractivity contribution >= 4 is 55.9 Å². The fraction of sp³-hybridized carbons (Fsp3) is 0.125. The number of para-hydroxylation sites is 1. The van der Waals surface area contributed by atoms with Gasteiger partial charge in [-0.2, -0.15) is 0 Å². The molecule has 0 bridgehead atoms. The summed E-state index contributed by atoms with van der Waals surface area (Å²) in [6, 6.07) is 18.4. The molecule has 5 aromatic rings. The zero-order valence-corrected chi connectivity index (χ0v) is 20.4. The minimum atomic E-state index is -0.180. The summed E-state index contributed by atoms with van der Waals surface area (Å²) in [5.74, 6) is 1.39. The lowest BCUT2D eigenvalue weighted by atomic mass is 10.1. The summed E-state index contributed by atoms with van der Waals surface area (Å²) in [6.07, 6.45) is 2.58. The summed E-state index contributed by atoms with van der Waals surface area (Å²) in [7, 11) is 0. The minimum Gasteiger partial charge on any atom is -0.486 e. The minimum absolute atomic E-state index is 0.180. The quantitative estimate of drug-likeness (QED) is 0.173. The molecule has 0 saturated heterocycles. The lowest BCUT2D eigenvalue weighted by Crippen LogP contribution is -2.11. The van der Waals surface area contributed by atoms with E-state index in [0.29, 0.717) is 40.4 Å². The van der Waals surface area contributed by atoms with E-state index in [1.54, 1.807) is 30.0 Å². The zero-order valence-electron chi connectivity index (χ0n) is 17.2. The molecule has 0 amide bonds. The monoisotopic (exact) mass is 541 g/mol. The molecule has 9 heteroatoms. The first-order chi connectivity index (χ1) is 16.1. The number of halogens is 2. The molecule has 0 atom stereocenters. The van der Waals surface area contributed by atoms with Crippen molar-refractivity contribution < 1.29 is 9.15 Å². The van der Waals surface area contributed by atoms with Crippen LogP contribution in [0.4, 0.5) is 0 Å². The number of pyridine rings is 1. The van der Waals surface area contributed by atoms with Gasteiger partial charge in [-0.15, -0.1) is 10.2 Å². The number of hydrogen-bond acceptors (Lipinski definition) is 6. The lowest BCUT2D eigenvalue weighted by Gasteiger charge is -2.11. The molecule has 0 unspecified atom stereocenters. The van der Waals surface area contributed by atoms with Crippen molar-refractivity contribution in [2.45, 2.75) is 11.6 Å². The molecule has 6 nitrogen and oxygen atoms in total. The number of nitrogens with zero attached hydrogens (tertiary/aromatic N) is 3. The van der Waals surface area contributed by atoms with Gasteiger partial charge >= 0.3 is 0 Å². The molecule has 0 spiro atoms. The van der Waals surface area contributed by atoms with Crippen LogP contribution in [0.1, 0.15) is 6.42 Å². The van der Waals surface area contributed by atoms with Gasteiger partial charge in [-0.3, -0.25) is 9.20 Å². The topological polar surface area (TPSA) is 69.6 Å². The molecule has 3 aromatic heterocycles. The molecule has 0 N–H and O–H groups in total. The van der Waals surface area contributed by atoms with Crippen LogP contribution in [0.15, 0.2) is 85.7 Å². The van der Waals surface area contributed by atoms with Gasteiger partial charge < -0.3 is 9.15 Å². The van der Waals surface area contributed by atoms with E-state index >= 15 is 0 Å². The summed E-state index contributed by atoms with van der Waals surface area (Å²) in [5.41, 5.74) is 1.75. The molecule has 0 aliphatic heterocycles. The third-order valence-corrected chi connectivity index (χ3v) is 6.84. The third-order valence-electron chi connectivity index (χ3n) is 4.98. The van der Waals surface area contributed by atoms with Crippen LogP contribution in [0.2, 0.25) is 5.02 Å². The summed E-state index contributed by atoms with van der Waals surface area (Å²) in [4.78, 5) is 13.2. The highest BCUT2D eigenvalue weighted by Gasteiger charge is 2.17. The van der Waals surface area contributed by atoms with Crippen molar-refractivity contribution in [2.24, 2.45) is 0 Å². The van der Waals surface area contributed by atoms with E-state index in [1.807, 2.05) is 53.1 Å². The molecule has 5 rings (SSSR count). The van der Waals surface area contributed by atoms with E-state index in [9.17, 15) is 4.79 Å². The molecular formula is C24H17BrClN3O3S. The van der Waals surface area contributed by atoms with Crippen molar-refractivity contribution in [1.82, 2.24) is 14.6 Å². The van der Waals surface area contributed by atoms with Gasteiger partial charge in [-0.1, -0.05) is 51.4 Å². The molecule has 0 radical (unpaired) electrons. The van der Waals surface area contributed by atoms with Crippen LogP contribution >= 0.6 is 39.3 Å². The number of ether oxygens (including phenoxy) is 1. The van der Waals surface area contributed by atoms with E-state index < -0.39 is 0 Å². The number of fused-ring (bicyclic) bond motifs is 2. The molecule has 0 fully saturated rings. The van der Waals surface area contributed by atoms with Crippen LogP contribution in [0.3, 0.4) is 0 Å². The van der Waals surface area contributed by atoms with Gasteiger partial charge in [-0.25, -0.2) is 0 Å². The van der Waals surface area contributed by atoms with Crippen LogP contribution in [0.5, 0.6) is 5.75 Å². The van der Waals surface area contributed by atoms with Crippen molar-refractivity contribution in [3.05, 3.63) is 86.6 Å². The average molecular weight is 543 g/mol. The number of hydrogen-bond donors (Lipinski definition) is 0. The van der Waals surface area contributed by atoms with E-state index in [2.05, 4.69) is 26.1 Å². The molecule has 0 aliphatic rings. The second kappa shape index (κ2) is 9.59. The Morgan fingerprint density at radius 2 is 1.88 bits per heavy atom. The molecule has 166 valence electrons. The van der Waals surface area contributed by atoms with E-state index in [-0.39, 0.29) is 11.2 Å². The predicted octanol–water partition coefficient (Wildman–Crippen LogP) is 6.48. The second-order valence-corrected chi connectivity index (χ2v) is 9.56. The van der Waals surface area contributed by atoms with E-state index in [0.717, 1.165) is 20.9 Å². The Morgan fingerprint density at radius 1 is 1.06 bits per heavy atom. The van der Waals surface area contributed by atoms with Crippen LogP contribution < -0.4 is 10.2 Å². The first kappa shape index (κ1) is 22.0. The molecular weight excluding hydrogens is 526 g/mol. The number of benzene rings is 2. The normalized spacial score (nSPS) is 11.3. The largest absolute Gasteiger partial charge is 0.486 e. The third kappa shape index (κ3) is 4.51. The summed E-state index contributed by atoms with van der Waals surface area (Å²) < 4.78 is 14.9. The van der Waals surface area contributed by atoms with Crippen molar-refractivity contribution in [3.8, 4) is 17.1 Å². The van der Waals surface area contributed by atoms with E-state index in [4.69, 9.17) is 20.8 Å². The molecule has 3 heterocycles. The highest BCUT2D eigenvalue weighted by molar-refractivity contribution is 9.10. The first-order valence-corrected chi connectivity index (χ1v) is 12.3. The van der Waals surface area contributed by atoms with E-state index in [1.165, 1.54) is 0 Å². The first-order valence-electron chi connectivity index (χ1n) is 10.2. The number of thioether (sulfide) groups is 1. The Balaban J connectivity index is 1.34. The van der Waals surface area contributed by atoms with Crippen LogP contribution in [0, 0.1) is 0 Å². The summed E-state index contributed by atoms with van der Waals surface area (Å²) in [5, 5.41) is 10.1. The van der Waals surface area contributed by atoms with Gasteiger partial charge in [0.1, 0.15) is 5.58 Å². The van der Waals surface area contributed by atoms with Crippen LogP contribution in [-0.2, 0) is 0 Å². The Hall–Kier alpha value is -2.81. The van der Waals surface area contributed by atoms with Gasteiger partial charge in [-0.05, 0) is 55.0 Å². The van der Waals surface area contributed by atoms with Gasteiger partial charge in [0.2, 0.25) is 11.2 Å². The Labute approximate surface area is 206 Å². The maximum Gasteiger partial charge on any atom is 0.235 e. The highest BCUT2D eigenvalue weighted by atomic mass is 79.9. The number of rotatable bonds is 7. The van der Waals surface area contributed by atoms with Gasteiger partial charge in [0.05, 0.1) is 17.0 Å². The maximum absolute atomic E-state index is 13.2. The molecule has 33 heavy (non-hydrogen) atoms. The van der Waals surface area contributed by atoms with Crippen molar-refractivity contribution in [1.29, 1.82) is 0 Å². The fourth-order valence-electron chi connectivity index (χ4n) is 3.40. The lowest BCUT2D eigenvalue weighted by molar-refractivity contribution is 0.310. The predicted molar refractivity (Wildman–Crippen MR) is 134 cm³/mol.